The summed E-state index contributed by atoms with van der Waals surface area (Å²) in [5, 5.41) is 2.95. The van der Waals surface area contributed by atoms with Crippen molar-refractivity contribution in [2.24, 2.45) is 0 Å². The van der Waals surface area contributed by atoms with Crippen LogP contribution < -0.4 is 5.32 Å². The number of para-hydroxylation sites is 2. The lowest BCUT2D eigenvalue weighted by Gasteiger charge is -2.09. The number of carbonyl (C=O) groups is 1. The van der Waals surface area contributed by atoms with Gasteiger partial charge in [-0.05, 0) is 66.3 Å². The normalized spacial score (nSPS) is 10.9. The van der Waals surface area contributed by atoms with Crippen molar-refractivity contribution in [2.75, 3.05) is 5.32 Å². The van der Waals surface area contributed by atoms with E-state index in [1.807, 2.05) is 60.9 Å². The van der Waals surface area contributed by atoms with Crippen LogP contribution in [0.5, 0.6) is 0 Å². The Balaban J connectivity index is 1.81. The van der Waals surface area contributed by atoms with Gasteiger partial charge in [0.2, 0.25) is 5.91 Å². The monoisotopic (exact) mass is 405 g/mol. The van der Waals surface area contributed by atoms with E-state index in [1.54, 1.807) is 0 Å². The van der Waals surface area contributed by atoms with Gasteiger partial charge >= 0.3 is 0 Å². The summed E-state index contributed by atoms with van der Waals surface area (Å²) in [6.45, 7) is 4.23. The number of fused-ring (bicyclic) bond motifs is 1. The molecule has 0 radical (unpaired) electrons. The van der Waals surface area contributed by atoms with Crippen molar-refractivity contribution in [1.29, 1.82) is 0 Å². The van der Waals surface area contributed by atoms with Gasteiger partial charge in [-0.15, -0.1) is 0 Å². The number of hydrogen-bond acceptors (Lipinski definition) is 2. The van der Waals surface area contributed by atoms with E-state index in [2.05, 4.69) is 32.9 Å². The molecule has 0 fully saturated rings. The Bertz CT molecular complexity index is 854. The molecule has 0 spiro atoms. The number of benzene rings is 2. The number of amides is 1. The first-order valence-corrected chi connectivity index (χ1v) is 8.10. The number of aryl methyl sites for hydroxylation is 2. The highest BCUT2D eigenvalue weighted by Crippen LogP contribution is 2.18. The molecule has 5 heteroatoms. The van der Waals surface area contributed by atoms with Crippen LogP contribution in [-0.2, 0) is 11.3 Å². The van der Waals surface area contributed by atoms with Gasteiger partial charge in [-0.3, -0.25) is 4.79 Å². The number of carbonyl (C=O) groups excluding carboxylic acids is 1. The van der Waals surface area contributed by atoms with Crippen LogP contribution in [0.4, 0.5) is 5.69 Å². The zero-order valence-corrected chi connectivity index (χ0v) is 14.6. The van der Waals surface area contributed by atoms with Gasteiger partial charge in [-0.1, -0.05) is 18.2 Å². The summed E-state index contributed by atoms with van der Waals surface area (Å²) in [5.41, 5.74) is 3.92. The first-order valence-electron chi connectivity index (χ1n) is 7.02. The largest absolute Gasteiger partial charge is 0.325 e. The zero-order chi connectivity index (χ0) is 15.7. The van der Waals surface area contributed by atoms with Crippen LogP contribution in [-0.4, -0.2) is 15.5 Å². The number of hydrogen-bond donors (Lipinski definition) is 1. The van der Waals surface area contributed by atoms with E-state index in [9.17, 15) is 4.79 Å². The van der Waals surface area contributed by atoms with Crippen molar-refractivity contribution in [3.8, 4) is 0 Å². The number of aromatic nitrogens is 2. The Morgan fingerprint density at radius 3 is 2.77 bits per heavy atom. The van der Waals surface area contributed by atoms with Crippen LogP contribution in [0.2, 0.25) is 0 Å². The molecule has 1 aromatic heterocycles. The maximum absolute atomic E-state index is 12.3. The second-order valence-corrected chi connectivity index (χ2v) is 6.41. The molecule has 22 heavy (non-hydrogen) atoms. The SMILES string of the molecule is Cc1ccc(NC(=O)Cn2c(C)nc3ccccc32)cc1I. The molecule has 0 aliphatic carbocycles. The van der Waals surface area contributed by atoms with Gasteiger partial charge in [-0.2, -0.15) is 0 Å². The molecule has 4 nitrogen and oxygen atoms in total. The van der Waals surface area contributed by atoms with Crippen LogP contribution in [0, 0.1) is 17.4 Å². The number of anilines is 1. The van der Waals surface area contributed by atoms with Crippen molar-refractivity contribution in [3.05, 3.63) is 57.4 Å². The van der Waals surface area contributed by atoms with Crippen molar-refractivity contribution in [2.45, 2.75) is 20.4 Å². The van der Waals surface area contributed by atoms with Crippen molar-refractivity contribution >= 4 is 45.2 Å². The van der Waals surface area contributed by atoms with Crippen LogP contribution in [0.25, 0.3) is 11.0 Å². The summed E-state index contributed by atoms with van der Waals surface area (Å²) >= 11 is 2.27. The summed E-state index contributed by atoms with van der Waals surface area (Å²) in [5.74, 6) is 0.792. The number of halogens is 1. The molecule has 0 saturated carbocycles. The van der Waals surface area contributed by atoms with E-state index < -0.39 is 0 Å². The van der Waals surface area contributed by atoms with Crippen LogP contribution >= 0.6 is 22.6 Å². The fourth-order valence-corrected chi connectivity index (χ4v) is 2.93. The third-order valence-corrected chi connectivity index (χ3v) is 4.76. The van der Waals surface area contributed by atoms with E-state index in [1.165, 1.54) is 5.56 Å². The van der Waals surface area contributed by atoms with Gasteiger partial charge in [0, 0.05) is 9.26 Å². The Kier molecular flexibility index (Phi) is 4.15. The van der Waals surface area contributed by atoms with Gasteiger partial charge in [0.05, 0.1) is 11.0 Å². The molecule has 3 rings (SSSR count). The Labute approximate surface area is 142 Å². The summed E-state index contributed by atoms with van der Waals surface area (Å²) in [7, 11) is 0. The van der Waals surface area contributed by atoms with E-state index in [0.29, 0.717) is 0 Å². The van der Waals surface area contributed by atoms with E-state index >= 15 is 0 Å². The minimum atomic E-state index is -0.0501. The van der Waals surface area contributed by atoms with Gasteiger partial charge in [0.1, 0.15) is 12.4 Å². The van der Waals surface area contributed by atoms with Crippen molar-refractivity contribution < 1.29 is 4.79 Å². The highest BCUT2D eigenvalue weighted by Gasteiger charge is 2.11. The maximum Gasteiger partial charge on any atom is 0.244 e. The molecule has 0 atom stereocenters. The molecule has 2 aromatic carbocycles. The average molecular weight is 405 g/mol. The number of nitrogens with zero attached hydrogens (tertiary/aromatic N) is 2. The zero-order valence-electron chi connectivity index (χ0n) is 12.4. The summed E-state index contributed by atoms with van der Waals surface area (Å²) in [6, 6.07) is 13.8. The molecule has 1 N–H and O–H groups in total. The van der Waals surface area contributed by atoms with Gasteiger partial charge in [-0.25, -0.2) is 4.98 Å². The molecule has 112 valence electrons. The lowest BCUT2D eigenvalue weighted by Crippen LogP contribution is -2.19. The Morgan fingerprint density at radius 2 is 2.00 bits per heavy atom. The molecule has 0 saturated heterocycles. The molecule has 3 aromatic rings. The molecular weight excluding hydrogens is 389 g/mol. The third kappa shape index (κ3) is 2.99. The minimum Gasteiger partial charge on any atom is -0.325 e. The first-order chi connectivity index (χ1) is 10.5. The maximum atomic E-state index is 12.3. The number of rotatable bonds is 3. The predicted octanol–water partition coefficient (Wildman–Crippen LogP) is 3.90. The van der Waals surface area contributed by atoms with Crippen molar-refractivity contribution in [3.63, 3.8) is 0 Å². The molecule has 0 bridgehead atoms. The van der Waals surface area contributed by atoms with Gasteiger partial charge in [0.25, 0.3) is 0 Å². The number of imidazole rings is 1. The summed E-state index contributed by atoms with van der Waals surface area (Å²) in [6.07, 6.45) is 0. The highest BCUT2D eigenvalue weighted by atomic mass is 127. The average Bonchev–Trinajstić information content (AvgIpc) is 2.79. The van der Waals surface area contributed by atoms with Gasteiger partial charge in [0.15, 0.2) is 0 Å². The van der Waals surface area contributed by atoms with Crippen LogP contribution in [0.15, 0.2) is 42.5 Å². The highest BCUT2D eigenvalue weighted by molar-refractivity contribution is 14.1. The van der Waals surface area contributed by atoms with E-state index in [0.717, 1.165) is 26.1 Å². The lowest BCUT2D eigenvalue weighted by atomic mass is 10.2. The summed E-state index contributed by atoms with van der Waals surface area (Å²) in [4.78, 5) is 16.8. The topological polar surface area (TPSA) is 46.9 Å². The van der Waals surface area contributed by atoms with Crippen LogP contribution in [0.1, 0.15) is 11.4 Å². The predicted molar refractivity (Wildman–Crippen MR) is 97.0 cm³/mol. The standard InChI is InChI=1S/C17H16IN3O/c1-11-7-8-13(9-14(11)18)20-17(22)10-21-12(2)19-15-5-3-4-6-16(15)21/h3-9H,10H2,1-2H3,(H,20,22). The second kappa shape index (κ2) is 6.08. The quantitative estimate of drug-likeness (QED) is 0.672. The third-order valence-electron chi connectivity index (χ3n) is 3.60. The van der Waals surface area contributed by atoms with Crippen molar-refractivity contribution in [1.82, 2.24) is 9.55 Å². The van der Waals surface area contributed by atoms with Gasteiger partial charge < -0.3 is 9.88 Å². The smallest absolute Gasteiger partial charge is 0.244 e. The molecule has 1 heterocycles. The summed E-state index contributed by atoms with van der Waals surface area (Å²) < 4.78 is 3.07. The first kappa shape index (κ1) is 15.0. The Morgan fingerprint density at radius 1 is 1.23 bits per heavy atom. The van der Waals surface area contributed by atoms with Crippen LogP contribution in [0.3, 0.4) is 0 Å². The molecule has 1 amide bonds. The fourth-order valence-electron chi connectivity index (χ4n) is 2.41. The molecule has 0 aliphatic heterocycles. The molecule has 0 aliphatic rings. The minimum absolute atomic E-state index is 0.0501. The molecular formula is C17H16IN3O. The number of nitrogens with one attached hydrogen (secondary N) is 1. The second-order valence-electron chi connectivity index (χ2n) is 5.25. The van der Waals surface area contributed by atoms with E-state index in [4.69, 9.17) is 0 Å². The Hall–Kier alpha value is -1.89. The van der Waals surface area contributed by atoms with E-state index in [-0.39, 0.29) is 12.5 Å². The fraction of sp³-hybridized carbons (Fsp3) is 0.176. The molecule has 0 unspecified atom stereocenters. The lowest BCUT2D eigenvalue weighted by molar-refractivity contribution is -0.116.